The molecule has 0 fully saturated rings. The molecule has 0 aromatic heterocycles. The van der Waals surface area contributed by atoms with Crippen molar-refractivity contribution in [1.29, 1.82) is 0 Å². The number of esters is 1. The largest absolute Gasteiger partial charge is 0.461 e. The molecule has 1 aliphatic rings. The molecule has 27 heavy (non-hydrogen) atoms. The molecule has 1 aliphatic heterocycles. The van der Waals surface area contributed by atoms with Crippen molar-refractivity contribution in [3.63, 3.8) is 0 Å². The van der Waals surface area contributed by atoms with E-state index >= 15 is 0 Å². The van der Waals surface area contributed by atoms with E-state index in [9.17, 15) is 32.9 Å². The lowest BCUT2D eigenvalue weighted by Gasteiger charge is -2.22. The lowest BCUT2D eigenvalue weighted by molar-refractivity contribution is -0.388. The second kappa shape index (κ2) is 7.21. The van der Waals surface area contributed by atoms with Gasteiger partial charge in [0.2, 0.25) is 0 Å². The molecule has 1 atom stereocenters. The van der Waals surface area contributed by atoms with Crippen LogP contribution in [0.15, 0.2) is 23.3 Å². The van der Waals surface area contributed by atoms with Gasteiger partial charge >= 0.3 is 12.1 Å². The molecular weight excluding hydrogens is 373 g/mol. The van der Waals surface area contributed by atoms with Crippen molar-refractivity contribution in [3.05, 3.63) is 33.9 Å². The third-order valence-electron chi connectivity index (χ3n) is 3.73. The van der Waals surface area contributed by atoms with Gasteiger partial charge in [0.15, 0.2) is 0 Å². The Hall–Kier alpha value is -3.18. The lowest BCUT2D eigenvalue weighted by atomic mass is 9.95. The van der Waals surface area contributed by atoms with Crippen LogP contribution in [0.4, 0.5) is 24.5 Å². The van der Waals surface area contributed by atoms with Crippen LogP contribution in [0.5, 0.6) is 0 Å². The first-order valence-corrected chi connectivity index (χ1v) is 7.66. The zero-order valence-electron chi connectivity index (χ0n) is 14.2. The first kappa shape index (κ1) is 20.1. The summed E-state index contributed by atoms with van der Waals surface area (Å²) in [6.45, 7) is 3.11. The number of nitro groups is 1. The highest BCUT2D eigenvalue weighted by atomic mass is 19.4. The Morgan fingerprint density at radius 3 is 2.67 bits per heavy atom. The minimum Gasteiger partial charge on any atom is -0.461 e. The van der Waals surface area contributed by atoms with E-state index in [1.807, 2.05) is 0 Å². The maximum atomic E-state index is 13.0. The molecule has 9 nitrogen and oxygen atoms in total. The van der Waals surface area contributed by atoms with E-state index in [0.29, 0.717) is 12.1 Å². The van der Waals surface area contributed by atoms with E-state index in [4.69, 9.17) is 4.74 Å². The first-order valence-electron chi connectivity index (χ1n) is 7.66. The van der Waals surface area contributed by atoms with Gasteiger partial charge in [0.25, 0.3) is 11.6 Å². The van der Waals surface area contributed by atoms with Gasteiger partial charge in [-0.3, -0.25) is 20.3 Å². The molecule has 1 unspecified atom stereocenters. The van der Waals surface area contributed by atoms with Crippen molar-refractivity contribution in [2.75, 3.05) is 11.9 Å². The van der Waals surface area contributed by atoms with Gasteiger partial charge < -0.3 is 10.1 Å². The predicted octanol–water partition coefficient (Wildman–Crippen LogP) is 2.22. The highest BCUT2D eigenvalue weighted by Crippen LogP contribution is 2.37. The normalized spacial score (nSPS) is 19.1. The quantitative estimate of drug-likeness (QED) is 0.453. The van der Waals surface area contributed by atoms with Crippen molar-refractivity contribution in [2.24, 2.45) is 5.10 Å². The molecule has 1 aromatic rings. The molecule has 0 saturated carbocycles. The van der Waals surface area contributed by atoms with Crippen LogP contribution in [0, 0.1) is 10.1 Å². The van der Waals surface area contributed by atoms with E-state index in [0.717, 1.165) is 6.07 Å². The Morgan fingerprint density at radius 2 is 2.11 bits per heavy atom. The Labute approximate surface area is 150 Å². The second-order valence-corrected chi connectivity index (χ2v) is 5.84. The number of anilines is 1. The van der Waals surface area contributed by atoms with Crippen LogP contribution < -0.4 is 10.7 Å². The van der Waals surface area contributed by atoms with Crippen LogP contribution in [0.3, 0.4) is 0 Å². The summed E-state index contributed by atoms with van der Waals surface area (Å²) >= 11 is 0. The minimum absolute atomic E-state index is 0.0332. The summed E-state index contributed by atoms with van der Waals surface area (Å²) < 4.78 is 43.8. The SMILES string of the molecule is CCOC(=O)C1=NNC(C)(C(=O)Nc2ccc([N+](=O)[O-])c(C(F)(F)F)c2)C1. The molecule has 2 N–H and O–H groups in total. The number of nitrogens with one attached hydrogen (secondary N) is 2. The fourth-order valence-electron chi connectivity index (χ4n) is 2.34. The maximum Gasteiger partial charge on any atom is 0.423 e. The fourth-order valence-corrected chi connectivity index (χ4v) is 2.34. The fraction of sp³-hybridized carbons (Fsp3) is 0.400. The van der Waals surface area contributed by atoms with Crippen molar-refractivity contribution < 1.29 is 32.4 Å². The molecule has 0 radical (unpaired) electrons. The average molecular weight is 388 g/mol. The second-order valence-electron chi connectivity index (χ2n) is 5.84. The van der Waals surface area contributed by atoms with E-state index < -0.39 is 39.8 Å². The lowest BCUT2D eigenvalue weighted by Crippen LogP contribution is -2.48. The van der Waals surface area contributed by atoms with Crippen molar-refractivity contribution in [1.82, 2.24) is 5.43 Å². The summed E-state index contributed by atoms with van der Waals surface area (Å²) in [5, 5.41) is 16.7. The Morgan fingerprint density at radius 1 is 1.44 bits per heavy atom. The standard InChI is InChI=1S/C15H15F3N4O5/c1-3-27-12(23)10-7-14(2,21-20-10)13(24)19-8-4-5-11(22(25)26)9(6-8)15(16,17)18/h4-6,21H,3,7H2,1-2H3,(H,19,24). The minimum atomic E-state index is -4.97. The number of alkyl halides is 3. The van der Waals surface area contributed by atoms with Crippen molar-refractivity contribution >= 4 is 29.0 Å². The van der Waals surface area contributed by atoms with Crippen LogP contribution in [-0.4, -0.2) is 34.7 Å². The summed E-state index contributed by atoms with van der Waals surface area (Å²) in [7, 11) is 0. The van der Waals surface area contributed by atoms with Crippen LogP contribution in [0.25, 0.3) is 0 Å². The van der Waals surface area contributed by atoms with Gasteiger partial charge in [-0.2, -0.15) is 18.3 Å². The molecule has 0 spiro atoms. The highest BCUT2D eigenvalue weighted by Gasteiger charge is 2.42. The third-order valence-corrected chi connectivity index (χ3v) is 3.73. The summed E-state index contributed by atoms with van der Waals surface area (Å²) in [6, 6.07) is 2.11. The zero-order valence-corrected chi connectivity index (χ0v) is 14.2. The van der Waals surface area contributed by atoms with Crippen LogP contribution >= 0.6 is 0 Å². The summed E-state index contributed by atoms with van der Waals surface area (Å²) in [6.07, 6.45) is -5.12. The van der Waals surface area contributed by atoms with Gasteiger partial charge in [-0.15, -0.1) is 0 Å². The molecule has 1 heterocycles. The summed E-state index contributed by atoms with van der Waals surface area (Å²) in [5.74, 6) is -1.48. The smallest absolute Gasteiger partial charge is 0.423 e. The zero-order chi connectivity index (χ0) is 20.4. The number of ether oxygens (including phenoxy) is 1. The Balaban J connectivity index is 2.19. The molecule has 0 aliphatic carbocycles. The van der Waals surface area contributed by atoms with Gasteiger partial charge in [0, 0.05) is 18.2 Å². The number of hydrogen-bond donors (Lipinski definition) is 2. The maximum absolute atomic E-state index is 13.0. The predicted molar refractivity (Wildman–Crippen MR) is 87.0 cm³/mol. The van der Waals surface area contributed by atoms with E-state index in [1.165, 1.54) is 6.92 Å². The number of nitrogens with zero attached hydrogens (tertiary/aromatic N) is 2. The molecule has 2 rings (SSSR count). The third kappa shape index (κ3) is 4.33. The van der Waals surface area contributed by atoms with E-state index in [-0.39, 0.29) is 24.4 Å². The Kier molecular flexibility index (Phi) is 5.38. The number of carbonyl (C=O) groups is 2. The molecule has 12 heteroatoms. The van der Waals surface area contributed by atoms with Crippen molar-refractivity contribution in [2.45, 2.75) is 32.0 Å². The topological polar surface area (TPSA) is 123 Å². The first-order chi connectivity index (χ1) is 12.5. The van der Waals surface area contributed by atoms with Crippen LogP contribution in [0.2, 0.25) is 0 Å². The van der Waals surface area contributed by atoms with E-state index in [1.54, 1.807) is 6.92 Å². The van der Waals surface area contributed by atoms with Gasteiger partial charge in [0.1, 0.15) is 16.8 Å². The van der Waals surface area contributed by atoms with E-state index in [2.05, 4.69) is 15.8 Å². The summed E-state index contributed by atoms with van der Waals surface area (Å²) in [4.78, 5) is 33.7. The number of amides is 1. The van der Waals surface area contributed by atoms with Gasteiger partial charge in [-0.25, -0.2) is 4.79 Å². The Bertz CT molecular complexity index is 824. The van der Waals surface area contributed by atoms with Crippen molar-refractivity contribution in [3.8, 4) is 0 Å². The number of nitro benzene ring substituents is 1. The molecular formula is C15H15F3N4O5. The molecule has 1 aromatic carbocycles. The number of rotatable bonds is 5. The number of carbonyl (C=O) groups excluding carboxylic acids is 2. The van der Waals surface area contributed by atoms with Crippen LogP contribution in [-0.2, 0) is 20.5 Å². The number of hydrazone groups is 1. The molecule has 146 valence electrons. The highest BCUT2D eigenvalue weighted by molar-refractivity contribution is 6.38. The molecule has 0 saturated heterocycles. The average Bonchev–Trinajstić information content (AvgIpc) is 2.98. The summed E-state index contributed by atoms with van der Waals surface area (Å²) in [5.41, 5.74) is -1.87. The van der Waals surface area contributed by atoms with Gasteiger partial charge in [-0.05, 0) is 26.0 Å². The molecule has 1 amide bonds. The number of hydrogen-bond acceptors (Lipinski definition) is 7. The van der Waals surface area contributed by atoms with Gasteiger partial charge in [-0.1, -0.05) is 0 Å². The monoisotopic (exact) mass is 388 g/mol. The number of halogens is 3. The van der Waals surface area contributed by atoms with Gasteiger partial charge in [0.05, 0.1) is 11.5 Å². The van der Waals surface area contributed by atoms with Crippen LogP contribution in [0.1, 0.15) is 25.8 Å². The molecule has 0 bridgehead atoms. The number of benzene rings is 1.